The molecule has 1 amide bonds. The number of nitrogens with two attached hydrogens (primary N) is 1. The van der Waals surface area contributed by atoms with E-state index in [0.29, 0.717) is 30.6 Å². The molecule has 0 aliphatic carbocycles. The van der Waals surface area contributed by atoms with Gasteiger partial charge in [-0.3, -0.25) is 4.79 Å². The summed E-state index contributed by atoms with van der Waals surface area (Å²) in [6.45, 7) is 7.40. The second-order valence-corrected chi connectivity index (χ2v) is 11.8. The summed E-state index contributed by atoms with van der Waals surface area (Å²) in [7, 11) is -4.13. The van der Waals surface area contributed by atoms with E-state index in [-0.39, 0.29) is 21.0 Å². The van der Waals surface area contributed by atoms with Crippen LogP contribution in [0.5, 0.6) is 0 Å². The minimum atomic E-state index is -4.13. The molecule has 1 fully saturated rings. The molecule has 4 heterocycles. The number of carbonyl (C=O) groups excluding carboxylic acids is 1. The number of carbonyl (C=O) groups is 1. The fraction of sp³-hybridized carbons (Fsp3) is 0.348. The lowest BCUT2D eigenvalue weighted by Crippen LogP contribution is -2.40. The first kappa shape index (κ1) is 23.2. The molecule has 1 atom stereocenters. The van der Waals surface area contributed by atoms with Crippen molar-refractivity contribution in [2.24, 2.45) is 11.7 Å². The molecule has 3 aromatic rings. The van der Waals surface area contributed by atoms with Gasteiger partial charge in [-0.15, -0.1) is 11.3 Å². The van der Waals surface area contributed by atoms with Gasteiger partial charge in [-0.25, -0.2) is 18.4 Å². The Morgan fingerprint density at radius 3 is 2.70 bits per heavy atom. The zero-order valence-electron chi connectivity index (χ0n) is 18.8. The van der Waals surface area contributed by atoms with E-state index < -0.39 is 15.7 Å². The van der Waals surface area contributed by atoms with Gasteiger partial charge < -0.3 is 16.0 Å². The van der Waals surface area contributed by atoms with Gasteiger partial charge in [0, 0.05) is 23.2 Å². The highest BCUT2D eigenvalue weighted by molar-refractivity contribution is 7.91. The second kappa shape index (κ2) is 8.75. The highest BCUT2D eigenvalue weighted by atomic mass is 32.2. The smallest absolute Gasteiger partial charge is 0.253 e. The molecule has 3 N–H and O–H groups in total. The third-order valence-corrected chi connectivity index (χ3v) is 8.35. The van der Waals surface area contributed by atoms with Crippen LogP contribution >= 0.6 is 11.3 Å². The molecule has 4 rings (SSSR count). The minimum Gasteiger partial charge on any atom is -0.365 e. The van der Waals surface area contributed by atoms with Crippen LogP contribution in [-0.2, 0) is 16.4 Å². The number of nitrogens with zero attached hydrogens (tertiary/aromatic N) is 3. The summed E-state index contributed by atoms with van der Waals surface area (Å²) in [5.74, 6) is 0.258. The summed E-state index contributed by atoms with van der Waals surface area (Å²) in [6, 6.07) is 9.99. The van der Waals surface area contributed by atoms with Crippen LogP contribution in [0.25, 0.3) is 0 Å². The van der Waals surface area contributed by atoms with Gasteiger partial charge in [0.1, 0.15) is 17.2 Å². The zero-order valence-corrected chi connectivity index (χ0v) is 20.4. The summed E-state index contributed by atoms with van der Waals surface area (Å²) < 4.78 is 27.2. The lowest BCUT2D eigenvalue weighted by atomic mass is 9.97. The number of aromatic nitrogens is 2. The van der Waals surface area contributed by atoms with E-state index in [1.807, 2.05) is 22.4 Å². The fourth-order valence-corrected chi connectivity index (χ4v) is 6.47. The van der Waals surface area contributed by atoms with Gasteiger partial charge in [0.15, 0.2) is 5.03 Å². The van der Waals surface area contributed by atoms with Crippen LogP contribution in [-0.4, -0.2) is 36.4 Å². The van der Waals surface area contributed by atoms with E-state index >= 15 is 0 Å². The van der Waals surface area contributed by atoms with Crippen LogP contribution in [0.3, 0.4) is 0 Å². The largest absolute Gasteiger partial charge is 0.365 e. The summed E-state index contributed by atoms with van der Waals surface area (Å²) in [4.78, 5) is 24.1. The van der Waals surface area contributed by atoms with Crippen molar-refractivity contribution in [3.05, 3.63) is 58.4 Å². The monoisotopic (exact) mass is 485 g/mol. The average Bonchev–Trinajstić information content (AvgIpc) is 3.38. The van der Waals surface area contributed by atoms with Gasteiger partial charge in [0.2, 0.25) is 9.84 Å². The number of nitrogens with one attached hydrogen (secondary N) is 1. The van der Waals surface area contributed by atoms with Gasteiger partial charge in [0.25, 0.3) is 5.91 Å². The molecule has 10 heteroatoms. The zero-order chi connectivity index (χ0) is 23.8. The molecular weight excluding hydrogens is 458 g/mol. The van der Waals surface area contributed by atoms with Gasteiger partial charge in [-0.2, -0.15) is 0 Å². The summed E-state index contributed by atoms with van der Waals surface area (Å²) >= 11 is 1.60. The number of sulfone groups is 1. The van der Waals surface area contributed by atoms with E-state index in [0.717, 1.165) is 11.3 Å². The molecule has 1 aliphatic rings. The van der Waals surface area contributed by atoms with Crippen LogP contribution in [0.2, 0.25) is 0 Å². The maximum Gasteiger partial charge on any atom is 0.253 e. The highest BCUT2D eigenvalue weighted by Gasteiger charge is 2.40. The molecular formula is C23H27N5O3S2. The molecule has 3 aromatic heterocycles. The molecule has 0 bridgehead atoms. The van der Waals surface area contributed by atoms with Crippen molar-refractivity contribution < 1.29 is 13.2 Å². The van der Waals surface area contributed by atoms with Crippen molar-refractivity contribution in [1.29, 1.82) is 0 Å². The van der Waals surface area contributed by atoms with Crippen LogP contribution in [0.4, 0.5) is 11.6 Å². The van der Waals surface area contributed by atoms with Crippen LogP contribution in [0, 0.1) is 5.92 Å². The molecule has 1 saturated heterocycles. The quantitative estimate of drug-likeness (QED) is 0.524. The van der Waals surface area contributed by atoms with Gasteiger partial charge in [0.05, 0.1) is 11.4 Å². The van der Waals surface area contributed by atoms with E-state index in [4.69, 9.17) is 5.73 Å². The molecule has 1 aliphatic heterocycles. The van der Waals surface area contributed by atoms with Crippen molar-refractivity contribution in [3.8, 4) is 0 Å². The maximum absolute atomic E-state index is 13.6. The van der Waals surface area contributed by atoms with Gasteiger partial charge >= 0.3 is 0 Å². The third kappa shape index (κ3) is 4.58. The molecule has 0 saturated carbocycles. The Morgan fingerprint density at radius 2 is 2.06 bits per heavy atom. The third-order valence-electron chi connectivity index (χ3n) is 5.78. The molecule has 33 heavy (non-hydrogen) atoms. The summed E-state index contributed by atoms with van der Waals surface area (Å²) in [5, 5.41) is 4.96. The Hall–Kier alpha value is -2.98. The standard InChI is InChI=1S/C23H27N5O3S2/c1-15-12-23(2,3)28(14-15)22-20(21(24)29)17(9-10-25-22)33(30,31)19-8-4-7-18(27-19)26-13-16-6-5-11-32-16/h4-11,15H,12-14H2,1-3H3,(H2,24,29)(H,26,27). The number of thiophene rings is 1. The summed E-state index contributed by atoms with van der Waals surface area (Å²) in [6.07, 6.45) is 2.30. The van der Waals surface area contributed by atoms with E-state index in [1.165, 1.54) is 18.3 Å². The van der Waals surface area contributed by atoms with Crippen molar-refractivity contribution in [1.82, 2.24) is 9.97 Å². The van der Waals surface area contributed by atoms with E-state index in [9.17, 15) is 13.2 Å². The number of rotatable bonds is 7. The number of hydrogen-bond donors (Lipinski definition) is 2. The maximum atomic E-state index is 13.6. The number of pyridine rings is 2. The molecule has 8 nitrogen and oxygen atoms in total. The van der Waals surface area contributed by atoms with Crippen molar-refractivity contribution >= 4 is 38.7 Å². The predicted molar refractivity (Wildman–Crippen MR) is 129 cm³/mol. The van der Waals surface area contributed by atoms with Crippen molar-refractivity contribution in [2.45, 2.75) is 49.2 Å². The first-order valence-corrected chi connectivity index (χ1v) is 13.0. The second-order valence-electron chi connectivity index (χ2n) is 8.90. The number of amides is 1. The van der Waals surface area contributed by atoms with Crippen LogP contribution in [0.15, 0.2) is 57.9 Å². The fourth-order valence-electron chi connectivity index (χ4n) is 4.42. The Labute approximate surface area is 197 Å². The molecule has 0 spiro atoms. The minimum absolute atomic E-state index is 0.0987. The first-order chi connectivity index (χ1) is 15.6. The molecule has 1 unspecified atom stereocenters. The van der Waals surface area contributed by atoms with Crippen LogP contribution in [0.1, 0.15) is 42.4 Å². The Balaban J connectivity index is 1.74. The summed E-state index contributed by atoms with van der Waals surface area (Å²) in [5.41, 5.74) is 5.32. The first-order valence-electron chi connectivity index (χ1n) is 10.6. The number of hydrogen-bond acceptors (Lipinski definition) is 8. The molecule has 0 radical (unpaired) electrons. The predicted octanol–water partition coefficient (Wildman–Crippen LogP) is 3.71. The average molecular weight is 486 g/mol. The Morgan fingerprint density at radius 1 is 1.27 bits per heavy atom. The highest BCUT2D eigenvalue weighted by Crippen LogP contribution is 2.39. The van der Waals surface area contributed by atoms with Gasteiger partial charge in [-0.05, 0) is 55.8 Å². The van der Waals surface area contributed by atoms with Crippen LogP contribution < -0.4 is 16.0 Å². The number of primary amides is 1. The molecule has 174 valence electrons. The van der Waals surface area contributed by atoms with Crippen molar-refractivity contribution in [3.63, 3.8) is 0 Å². The van der Waals surface area contributed by atoms with E-state index in [1.54, 1.807) is 23.5 Å². The molecule has 0 aromatic carbocycles. The lowest BCUT2D eigenvalue weighted by Gasteiger charge is -2.33. The normalized spacial score (nSPS) is 17.8. The van der Waals surface area contributed by atoms with Crippen molar-refractivity contribution in [2.75, 3.05) is 16.8 Å². The Kier molecular flexibility index (Phi) is 6.15. The number of anilines is 2. The lowest BCUT2D eigenvalue weighted by molar-refractivity contribution is 0.0997. The SMILES string of the molecule is CC1CN(c2nccc(S(=O)(=O)c3cccc(NCc4cccs4)n3)c2C(N)=O)C(C)(C)C1. The topological polar surface area (TPSA) is 118 Å². The van der Waals surface area contributed by atoms with E-state index in [2.05, 4.69) is 36.1 Å². The Bertz CT molecular complexity index is 1270. The van der Waals surface area contributed by atoms with Gasteiger partial charge in [-0.1, -0.05) is 19.1 Å².